The van der Waals surface area contributed by atoms with E-state index in [1.807, 2.05) is 0 Å². The van der Waals surface area contributed by atoms with Crippen molar-refractivity contribution in [1.29, 1.82) is 0 Å². The molecule has 1 heterocycles. The molecule has 0 amide bonds. The van der Waals surface area contributed by atoms with Gasteiger partial charge in [-0.3, -0.25) is 9.40 Å². The highest BCUT2D eigenvalue weighted by Crippen LogP contribution is 2.25. The zero-order chi connectivity index (χ0) is 18.2. The van der Waals surface area contributed by atoms with Crippen LogP contribution in [0.15, 0.2) is 22.2 Å². The summed E-state index contributed by atoms with van der Waals surface area (Å²) in [5, 5.41) is 22.3. The molecule has 1 aromatic heterocycles. The number of rotatable bonds is 10. The molecule has 1 rings (SSSR count). The Morgan fingerprint density at radius 3 is 2.83 bits per heavy atom. The predicted molar refractivity (Wildman–Crippen MR) is 80.5 cm³/mol. The highest BCUT2D eigenvalue weighted by molar-refractivity contribution is 5.28. The van der Waals surface area contributed by atoms with Gasteiger partial charge in [-0.05, 0) is 25.4 Å². The molecule has 0 saturated heterocycles. The molecule has 11 nitrogen and oxygen atoms in total. The highest BCUT2D eigenvalue weighted by Gasteiger charge is 2.38. The van der Waals surface area contributed by atoms with Crippen molar-refractivity contribution in [3.63, 3.8) is 0 Å². The van der Waals surface area contributed by atoms with Crippen molar-refractivity contribution in [3.05, 3.63) is 33.2 Å². The number of anilines is 1. The van der Waals surface area contributed by atoms with Gasteiger partial charge in [-0.15, -0.1) is 0 Å². The third kappa shape index (κ3) is 4.63. The van der Waals surface area contributed by atoms with E-state index in [2.05, 4.69) is 20.5 Å². The minimum atomic E-state index is -2.15. The molecular weight excluding hydrogens is 327 g/mol. The molecule has 1 aromatic rings. The summed E-state index contributed by atoms with van der Waals surface area (Å²) in [5.74, 6) is 0.106. The lowest BCUT2D eigenvalue weighted by Crippen LogP contribution is -2.48. The number of azide groups is 1. The van der Waals surface area contributed by atoms with E-state index < -0.39 is 37.0 Å². The van der Waals surface area contributed by atoms with Gasteiger partial charge < -0.3 is 14.9 Å². The van der Waals surface area contributed by atoms with E-state index in [0.717, 1.165) is 4.57 Å². The van der Waals surface area contributed by atoms with Gasteiger partial charge in [0, 0.05) is 11.1 Å². The molecule has 0 aromatic carbocycles. The molecule has 3 N–H and O–H groups in total. The molecule has 24 heavy (non-hydrogen) atoms. The smallest absolute Gasteiger partial charge is 0.351 e. The summed E-state index contributed by atoms with van der Waals surface area (Å²) in [5.41, 5.74) is 7.96. The second-order valence-electron chi connectivity index (χ2n) is 4.63. The number of hydrogen-bond donors (Lipinski definition) is 3. The van der Waals surface area contributed by atoms with E-state index in [4.69, 9.17) is 15.1 Å². The topological polar surface area (TPSA) is 155 Å². The average molecular weight is 346 g/mol. The normalized spacial score (nSPS) is 15.9. The minimum Gasteiger partial charge on any atom is -0.393 e. The number of halogens is 1. The zero-order valence-electron chi connectivity index (χ0n) is 13.2. The third-order valence-corrected chi connectivity index (χ3v) is 3.03. The van der Waals surface area contributed by atoms with Gasteiger partial charge >= 0.3 is 5.69 Å². The molecule has 12 heteroatoms. The van der Waals surface area contributed by atoms with E-state index in [1.165, 1.54) is 19.2 Å². The molecule has 0 saturated carbocycles. The van der Waals surface area contributed by atoms with E-state index >= 15 is 0 Å². The van der Waals surface area contributed by atoms with Gasteiger partial charge in [0.1, 0.15) is 6.67 Å². The van der Waals surface area contributed by atoms with Crippen LogP contribution in [0.3, 0.4) is 0 Å². The fraction of sp³-hybridized carbons (Fsp3) is 0.667. The number of nitrogens with zero attached hydrogens (tertiary/aromatic N) is 5. The lowest BCUT2D eigenvalue weighted by atomic mass is 10.1. The summed E-state index contributed by atoms with van der Waals surface area (Å²) in [6.45, 7) is 1.13. The highest BCUT2D eigenvalue weighted by atomic mass is 19.1. The maximum absolute atomic E-state index is 13.3. The lowest BCUT2D eigenvalue weighted by Gasteiger charge is -2.33. The maximum Gasteiger partial charge on any atom is 0.351 e. The van der Waals surface area contributed by atoms with Crippen molar-refractivity contribution >= 4 is 5.82 Å². The monoisotopic (exact) mass is 346 g/mol. The second-order valence-corrected chi connectivity index (χ2v) is 4.63. The fourth-order valence-corrected chi connectivity index (χ4v) is 1.72. The maximum atomic E-state index is 13.3. The molecule has 134 valence electrons. The van der Waals surface area contributed by atoms with Crippen LogP contribution in [0.5, 0.6) is 0 Å². The number of nitrogens with one attached hydrogen (secondary N) is 1. The zero-order valence-corrected chi connectivity index (χ0v) is 13.2. The Morgan fingerprint density at radius 2 is 2.38 bits per heavy atom. The first-order chi connectivity index (χ1) is 11.4. The molecule has 0 unspecified atom stereocenters. The first kappa shape index (κ1) is 19.8. The van der Waals surface area contributed by atoms with Crippen molar-refractivity contribution in [1.82, 2.24) is 9.55 Å². The van der Waals surface area contributed by atoms with Crippen LogP contribution >= 0.6 is 0 Å². The van der Waals surface area contributed by atoms with Gasteiger partial charge in [0.15, 0.2) is 17.8 Å². The molecule has 3 atom stereocenters. The number of aliphatic hydroxyl groups excluding tert-OH is 2. The third-order valence-electron chi connectivity index (χ3n) is 3.03. The van der Waals surface area contributed by atoms with Crippen molar-refractivity contribution in [2.75, 3.05) is 25.4 Å². The van der Waals surface area contributed by atoms with Gasteiger partial charge in [-0.25, -0.2) is 14.7 Å². The van der Waals surface area contributed by atoms with Gasteiger partial charge in [0.2, 0.25) is 0 Å². The molecular formula is C12H19FN6O5. The van der Waals surface area contributed by atoms with Crippen molar-refractivity contribution in [3.8, 4) is 0 Å². The molecule has 0 aliphatic heterocycles. The summed E-state index contributed by atoms with van der Waals surface area (Å²) in [7, 11) is 0. The number of aliphatic hydroxyl groups is 2. The number of aromatic nitrogens is 2. The van der Waals surface area contributed by atoms with Crippen LogP contribution in [-0.2, 0) is 9.57 Å². The molecule has 0 fully saturated rings. The van der Waals surface area contributed by atoms with Crippen LogP contribution in [0.2, 0.25) is 0 Å². The van der Waals surface area contributed by atoms with Gasteiger partial charge in [0.25, 0.3) is 0 Å². The van der Waals surface area contributed by atoms with Crippen molar-refractivity contribution < 1.29 is 24.2 Å². The summed E-state index contributed by atoms with van der Waals surface area (Å²) in [6, 6.07) is 1.33. The Bertz CT molecular complexity index is 635. The summed E-state index contributed by atoms with van der Waals surface area (Å²) >= 11 is 0. The van der Waals surface area contributed by atoms with Crippen LogP contribution in [0.1, 0.15) is 20.1 Å². The van der Waals surface area contributed by atoms with E-state index in [9.17, 15) is 19.4 Å². The van der Waals surface area contributed by atoms with Gasteiger partial charge in [-0.2, -0.15) is 4.98 Å². The Labute approximate surface area is 136 Å². The van der Waals surface area contributed by atoms with E-state index in [-0.39, 0.29) is 5.82 Å². The minimum absolute atomic E-state index is 0.106. The lowest BCUT2D eigenvalue weighted by molar-refractivity contribution is -0.193. The molecule has 0 radical (unpaired) electrons. The summed E-state index contributed by atoms with van der Waals surface area (Å²) in [6.07, 6.45) is -1.85. The first-order valence-electron chi connectivity index (χ1n) is 7.00. The molecule has 0 aliphatic carbocycles. The van der Waals surface area contributed by atoms with Crippen LogP contribution in [-0.4, -0.2) is 51.5 Å². The summed E-state index contributed by atoms with van der Waals surface area (Å²) in [4.78, 5) is 23.0. The Morgan fingerprint density at radius 1 is 1.67 bits per heavy atom. The Kier molecular flexibility index (Phi) is 7.55. The van der Waals surface area contributed by atoms with Crippen LogP contribution in [0.4, 0.5) is 10.2 Å². The van der Waals surface area contributed by atoms with E-state index in [1.54, 1.807) is 6.92 Å². The van der Waals surface area contributed by atoms with Crippen LogP contribution in [0, 0.1) is 0 Å². The van der Waals surface area contributed by atoms with Crippen molar-refractivity contribution in [2.24, 2.45) is 5.11 Å². The number of ether oxygens (including phenoxy) is 1. The first-order valence-corrected chi connectivity index (χ1v) is 7.00. The predicted octanol–water partition coefficient (Wildman–Crippen LogP) is 0.471. The van der Waals surface area contributed by atoms with Crippen molar-refractivity contribution in [2.45, 2.75) is 31.9 Å². The largest absolute Gasteiger partial charge is 0.393 e. The Hall–Kier alpha value is -2.24. The quantitative estimate of drug-likeness (QED) is 0.241. The summed E-state index contributed by atoms with van der Waals surface area (Å²) < 4.78 is 19.3. The van der Waals surface area contributed by atoms with Gasteiger partial charge in [0.05, 0.1) is 19.3 Å². The SMILES string of the molecule is CCONc1ccn([C@@H](CF)O[C@@](CO)(N=[N+]=[N-])[C@@H](C)O)c(=O)n1. The Balaban J connectivity index is 3.12. The van der Waals surface area contributed by atoms with Gasteiger partial charge in [-0.1, -0.05) is 5.11 Å². The number of hydrogen-bond acceptors (Lipinski definition) is 8. The van der Waals surface area contributed by atoms with E-state index in [0.29, 0.717) is 6.61 Å². The standard InChI is InChI=1S/C12H19FN6O5/c1-3-23-16-9-4-5-19(11(22)15-9)10(6-13)24-12(7-20,8(2)21)17-18-14/h4-5,8,10,20-21H,3,6-7H2,1-2H3,(H,15,16,22)/t8-,10-,12-/m1/s1. The second kappa shape index (κ2) is 9.15. The molecule has 0 aliphatic rings. The van der Waals surface area contributed by atoms with Crippen LogP contribution < -0.4 is 11.2 Å². The fourth-order valence-electron chi connectivity index (χ4n) is 1.72. The van der Waals surface area contributed by atoms with Crippen LogP contribution in [0.25, 0.3) is 10.4 Å². The average Bonchev–Trinajstić information content (AvgIpc) is 2.57. The molecule has 0 bridgehead atoms. The number of alkyl halides is 1. The molecule has 0 spiro atoms.